The molecular formula is C41H25N3. The van der Waals surface area contributed by atoms with Gasteiger partial charge in [-0.1, -0.05) is 127 Å². The fourth-order valence-corrected chi connectivity index (χ4v) is 6.04. The van der Waals surface area contributed by atoms with Crippen molar-refractivity contribution < 1.29 is 0 Å². The lowest BCUT2D eigenvalue weighted by Gasteiger charge is -2.13. The van der Waals surface area contributed by atoms with Crippen molar-refractivity contribution in [3.8, 4) is 45.0 Å². The molecule has 8 rings (SSSR count). The van der Waals surface area contributed by atoms with Crippen LogP contribution in [0.2, 0.25) is 0 Å². The maximum atomic E-state index is 7.28. The van der Waals surface area contributed by atoms with Gasteiger partial charge in [-0.15, -0.1) is 0 Å². The van der Waals surface area contributed by atoms with Crippen LogP contribution in [0.5, 0.6) is 0 Å². The van der Waals surface area contributed by atoms with E-state index >= 15 is 0 Å². The van der Waals surface area contributed by atoms with Crippen LogP contribution < -0.4 is 0 Å². The van der Waals surface area contributed by atoms with E-state index in [9.17, 15) is 0 Å². The van der Waals surface area contributed by atoms with E-state index in [2.05, 4.69) is 114 Å². The molecule has 204 valence electrons. The Kier molecular flexibility index (Phi) is 6.18. The number of rotatable bonds is 4. The lowest BCUT2D eigenvalue weighted by atomic mass is 9.94. The summed E-state index contributed by atoms with van der Waals surface area (Å²) in [4.78, 5) is 13.7. The van der Waals surface area contributed by atoms with E-state index in [4.69, 9.17) is 16.5 Å². The summed E-state index contributed by atoms with van der Waals surface area (Å²) in [6.45, 7) is 7.28. The summed E-state index contributed by atoms with van der Waals surface area (Å²) < 4.78 is 0. The third kappa shape index (κ3) is 4.56. The van der Waals surface area contributed by atoms with Crippen molar-refractivity contribution in [2.24, 2.45) is 0 Å². The molecule has 0 fully saturated rings. The molecule has 0 amide bonds. The molecule has 0 unspecified atom stereocenters. The van der Waals surface area contributed by atoms with E-state index in [1.165, 1.54) is 26.9 Å². The van der Waals surface area contributed by atoms with Gasteiger partial charge >= 0.3 is 0 Å². The van der Waals surface area contributed by atoms with E-state index in [1.54, 1.807) is 0 Å². The van der Waals surface area contributed by atoms with Crippen LogP contribution >= 0.6 is 0 Å². The number of aromatic nitrogens is 2. The first-order valence-corrected chi connectivity index (χ1v) is 14.6. The number of benzene rings is 7. The minimum absolute atomic E-state index is 0.633. The van der Waals surface area contributed by atoms with Crippen molar-refractivity contribution in [3.05, 3.63) is 163 Å². The first-order valence-electron chi connectivity index (χ1n) is 14.6. The summed E-state index contributed by atoms with van der Waals surface area (Å²) in [7, 11) is 0. The second-order valence-corrected chi connectivity index (χ2v) is 11.0. The second kappa shape index (κ2) is 10.6. The van der Waals surface area contributed by atoms with Gasteiger partial charge < -0.3 is 0 Å². The summed E-state index contributed by atoms with van der Waals surface area (Å²) in [6, 6.07) is 52.4. The number of hydrogen-bond donors (Lipinski definition) is 0. The van der Waals surface area contributed by atoms with Gasteiger partial charge in [-0.25, -0.2) is 14.8 Å². The van der Waals surface area contributed by atoms with Gasteiger partial charge in [0.15, 0.2) is 11.5 Å². The zero-order valence-corrected chi connectivity index (χ0v) is 23.8. The summed E-state index contributed by atoms with van der Waals surface area (Å²) in [5.74, 6) is 0.689. The van der Waals surface area contributed by atoms with Crippen LogP contribution in [0, 0.1) is 6.57 Å². The molecule has 0 aliphatic rings. The van der Waals surface area contributed by atoms with Gasteiger partial charge in [0, 0.05) is 16.7 Å². The highest BCUT2D eigenvalue weighted by Crippen LogP contribution is 2.37. The largest absolute Gasteiger partial charge is 0.238 e. The predicted octanol–water partition coefficient (Wildman–Crippen LogP) is 11.2. The Morgan fingerprint density at radius 3 is 1.93 bits per heavy atom. The maximum absolute atomic E-state index is 7.28. The molecule has 8 aromatic rings. The monoisotopic (exact) mass is 559 g/mol. The fraction of sp³-hybridized carbons (Fsp3) is 0. The van der Waals surface area contributed by atoms with Crippen molar-refractivity contribution in [1.29, 1.82) is 0 Å². The molecule has 0 N–H and O–H groups in total. The molecule has 1 heterocycles. The predicted molar refractivity (Wildman–Crippen MR) is 183 cm³/mol. The molecule has 0 aliphatic heterocycles. The average molecular weight is 560 g/mol. The Balaban J connectivity index is 1.32. The normalized spacial score (nSPS) is 11.2. The summed E-state index contributed by atoms with van der Waals surface area (Å²) in [5.41, 5.74) is 7.56. The third-order valence-electron chi connectivity index (χ3n) is 8.27. The van der Waals surface area contributed by atoms with Crippen LogP contribution in [-0.2, 0) is 0 Å². The highest BCUT2D eigenvalue weighted by molar-refractivity contribution is 6.15. The summed E-state index contributed by atoms with van der Waals surface area (Å²) in [6.07, 6.45) is 0. The summed E-state index contributed by atoms with van der Waals surface area (Å²) in [5, 5.41) is 7.30. The molecule has 0 saturated carbocycles. The van der Waals surface area contributed by atoms with Crippen LogP contribution in [0.4, 0.5) is 5.69 Å². The van der Waals surface area contributed by atoms with E-state index in [0.717, 1.165) is 44.6 Å². The van der Waals surface area contributed by atoms with E-state index < -0.39 is 0 Å². The Morgan fingerprint density at radius 1 is 0.409 bits per heavy atom. The average Bonchev–Trinajstić information content (AvgIpc) is 3.10. The van der Waals surface area contributed by atoms with Crippen LogP contribution in [0.1, 0.15) is 0 Å². The molecule has 0 radical (unpaired) electrons. The van der Waals surface area contributed by atoms with E-state index in [1.807, 2.05) is 42.5 Å². The minimum atomic E-state index is 0.633. The van der Waals surface area contributed by atoms with E-state index in [0.29, 0.717) is 11.5 Å². The third-order valence-corrected chi connectivity index (χ3v) is 8.27. The van der Waals surface area contributed by atoms with Crippen molar-refractivity contribution >= 4 is 38.0 Å². The first kappa shape index (κ1) is 25.6. The fourth-order valence-electron chi connectivity index (χ4n) is 6.04. The van der Waals surface area contributed by atoms with Gasteiger partial charge in [-0.2, -0.15) is 0 Å². The highest BCUT2D eigenvalue weighted by Gasteiger charge is 2.14. The standard InChI is InChI=1S/C41H25N3/c1-42-34-20-17-27(18-21-34)29-13-7-14-33(24-29)39-26-40(44-41(43-39)28-9-3-2-4-10-28)37-16-8-15-35-36(37)22-19-32-23-30-11-5-6-12-31(30)25-38(32)35/h2-26H. The lowest BCUT2D eigenvalue weighted by molar-refractivity contribution is 1.18. The molecule has 0 spiro atoms. The zero-order valence-electron chi connectivity index (χ0n) is 23.8. The van der Waals surface area contributed by atoms with E-state index in [-0.39, 0.29) is 0 Å². The van der Waals surface area contributed by atoms with Gasteiger partial charge in [0.05, 0.1) is 18.0 Å². The molecule has 0 bridgehead atoms. The van der Waals surface area contributed by atoms with Crippen molar-refractivity contribution in [2.45, 2.75) is 0 Å². The van der Waals surface area contributed by atoms with Crippen LogP contribution in [0.25, 0.3) is 82.2 Å². The van der Waals surface area contributed by atoms with Gasteiger partial charge in [0.2, 0.25) is 0 Å². The molecule has 0 saturated heterocycles. The Morgan fingerprint density at radius 2 is 1.11 bits per heavy atom. The van der Waals surface area contributed by atoms with Crippen LogP contribution in [0.3, 0.4) is 0 Å². The smallest absolute Gasteiger partial charge is 0.187 e. The van der Waals surface area contributed by atoms with Crippen LogP contribution in [-0.4, -0.2) is 9.97 Å². The van der Waals surface area contributed by atoms with Crippen molar-refractivity contribution in [1.82, 2.24) is 9.97 Å². The maximum Gasteiger partial charge on any atom is 0.187 e. The van der Waals surface area contributed by atoms with Gasteiger partial charge in [0.25, 0.3) is 0 Å². The second-order valence-electron chi connectivity index (χ2n) is 11.0. The van der Waals surface area contributed by atoms with Crippen molar-refractivity contribution in [2.75, 3.05) is 0 Å². The van der Waals surface area contributed by atoms with Crippen molar-refractivity contribution in [3.63, 3.8) is 0 Å². The molecule has 0 atom stereocenters. The zero-order chi connectivity index (χ0) is 29.5. The van der Waals surface area contributed by atoms with Gasteiger partial charge in [0.1, 0.15) is 0 Å². The van der Waals surface area contributed by atoms with Gasteiger partial charge in [-0.3, -0.25) is 0 Å². The minimum Gasteiger partial charge on any atom is -0.238 e. The molecule has 7 aromatic carbocycles. The quantitative estimate of drug-likeness (QED) is 0.122. The molecule has 44 heavy (non-hydrogen) atoms. The first-order chi connectivity index (χ1) is 21.7. The highest BCUT2D eigenvalue weighted by atomic mass is 14.9. The molecule has 3 nitrogen and oxygen atoms in total. The summed E-state index contributed by atoms with van der Waals surface area (Å²) >= 11 is 0. The molecule has 1 aromatic heterocycles. The molecule has 3 heteroatoms. The van der Waals surface area contributed by atoms with Gasteiger partial charge in [-0.05, 0) is 67.7 Å². The molecule has 0 aliphatic carbocycles. The Labute approximate surface area is 255 Å². The Bertz CT molecular complexity index is 2380. The number of hydrogen-bond acceptors (Lipinski definition) is 2. The number of nitrogens with zero attached hydrogens (tertiary/aromatic N) is 3. The molecular weight excluding hydrogens is 534 g/mol. The number of fused-ring (bicyclic) bond motifs is 4. The Hall–Kier alpha value is -6.11. The van der Waals surface area contributed by atoms with Crippen LogP contribution in [0.15, 0.2) is 152 Å². The SMILES string of the molecule is [C-]#[N+]c1ccc(-c2cccc(-c3cc(-c4cccc5c4ccc4cc6ccccc6cc45)nc(-c4ccccc4)n3)c2)cc1. The lowest BCUT2D eigenvalue weighted by Crippen LogP contribution is -1.96. The topological polar surface area (TPSA) is 30.1 Å².